The summed E-state index contributed by atoms with van der Waals surface area (Å²) >= 11 is 0. The Hall–Kier alpha value is -2.05. The van der Waals surface area contributed by atoms with Crippen LogP contribution in [0.3, 0.4) is 0 Å². The topological polar surface area (TPSA) is 107 Å². The predicted octanol–water partition coefficient (Wildman–Crippen LogP) is 0.881. The van der Waals surface area contributed by atoms with Gasteiger partial charge < -0.3 is 20.7 Å². The fraction of sp³-hybridized carbons (Fsp3) is 0.545. The van der Waals surface area contributed by atoms with Crippen LogP contribution in [0.5, 0.6) is 0 Å². The summed E-state index contributed by atoms with van der Waals surface area (Å²) in [5, 5.41) is 13.9. The van der Waals surface area contributed by atoms with Crippen molar-refractivity contribution in [3.63, 3.8) is 0 Å². The third kappa shape index (κ3) is 4.08. The molecule has 1 aromatic heterocycles. The number of rotatable bonds is 6. The van der Waals surface area contributed by atoms with Gasteiger partial charge in [0.2, 0.25) is 0 Å². The highest BCUT2D eigenvalue weighted by Gasteiger charge is 2.16. The number of carboxylic acids is 1. The average molecular weight is 254 g/mol. The van der Waals surface area contributed by atoms with Crippen LogP contribution in [0.1, 0.15) is 32.1 Å². The molecule has 18 heavy (non-hydrogen) atoms. The molecule has 1 rings (SSSR count). The molecule has 0 bridgehead atoms. The van der Waals surface area contributed by atoms with Gasteiger partial charge in [0.15, 0.2) is 0 Å². The van der Waals surface area contributed by atoms with Crippen molar-refractivity contribution < 1.29 is 14.7 Å². The summed E-state index contributed by atoms with van der Waals surface area (Å²) in [6.07, 6.45) is 3.99. The zero-order valence-electron chi connectivity index (χ0n) is 10.4. The SMILES string of the molecule is CCC(NC(=O)NCC(C)C(=O)O)c1ncc[nH]1. The molecule has 100 valence electrons. The second kappa shape index (κ2) is 6.63. The molecule has 0 fully saturated rings. The van der Waals surface area contributed by atoms with Crippen LogP contribution >= 0.6 is 0 Å². The Morgan fingerprint density at radius 2 is 2.28 bits per heavy atom. The van der Waals surface area contributed by atoms with Crippen LogP contribution < -0.4 is 10.6 Å². The lowest BCUT2D eigenvalue weighted by Crippen LogP contribution is -2.41. The molecule has 0 aliphatic carbocycles. The van der Waals surface area contributed by atoms with Crippen LogP contribution in [0.2, 0.25) is 0 Å². The number of urea groups is 1. The number of hydrogen-bond acceptors (Lipinski definition) is 3. The Labute approximate surface area is 105 Å². The maximum Gasteiger partial charge on any atom is 0.315 e. The summed E-state index contributed by atoms with van der Waals surface area (Å²) in [6, 6.07) is -0.605. The van der Waals surface area contributed by atoms with Crippen LogP contribution in [-0.2, 0) is 4.79 Å². The smallest absolute Gasteiger partial charge is 0.315 e. The number of imidazole rings is 1. The van der Waals surface area contributed by atoms with E-state index >= 15 is 0 Å². The van der Waals surface area contributed by atoms with E-state index in [9.17, 15) is 9.59 Å². The number of carboxylic acid groups (broad SMARTS) is 1. The molecule has 4 N–H and O–H groups in total. The Morgan fingerprint density at radius 1 is 1.56 bits per heavy atom. The van der Waals surface area contributed by atoms with E-state index in [0.717, 1.165) is 0 Å². The first kappa shape index (κ1) is 14.0. The highest BCUT2D eigenvalue weighted by Crippen LogP contribution is 2.10. The molecule has 0 aromatic carbocycles. The number of carbonyl (C=O) groups is 2. The van der Waals surface area contributed by atoms with E-state index in [4.69, 9.17) is 5.11 Å². The average Bonchev–Trinajstić information content (AvgIpc) is 2.86. The van der Waals surface area contributed by atoms with Gasteiger partial charge in [-0.25, -0.2) is 9.78 Å². The van der Waals surface area contributed by atoms with Crippen molar-refractivity contribution in [2.24, 2.45) is 5.92 Å². The minimum Gasteiger partial charge on any atom is -0.481 e. The Kier molecular flexibility index (Phi) is 5.16. The minimum atomic E-state index is -0.937. The number of amides is 2. The minimum absolute atomic E-state index is 0.0930. The molecule has 2 amide bonds. The lowest BCUT2D eigenvalue weighted by atomic mass is 10.2. The molecule has 0 aliphatic rings. The third-order valence-electron chi connectivity index (χ3n) is 2.55. The van der Waals surface area contributed by atoms with Gasteiger partial charge in [-0.15, -0.1) is 0 Å². The Balaban J connectivity index is 2.41. The van der Waals surface area contributed by atoms with E-state index in [1.54, 1.807) is 12.4 Å². The molecule has 1 heterocycles. The lowest BCUT2D eigenvalue weighted by Gasteiger charge is -2.16. The lowest BCUT2D eigenvalue weighted by molar-refractivity contribution is -0.140. The van der Waals surface area contributed by atoms with E-state index in [1.165, 1.54) is 6.92 Å². The number of H-pyrrole nitrogens is 1. The number of carbonyl (C=O) groups excluding carboxylic acids is 1. The summed E-state index contributed by atoms with van der Waals surface area (Å²) in [4.78, 5) is 29.2. The van der Waals surface area contributed by atoms with Crippen LogP contribution in [0, 0.1) is 5.92 Å². The zero-order valence-corrected chi connectivity index (χ0v) is 10.4. The predicted molar refractivity (Wildman–Crippen MR) is 65.0 cm³/mol. The van der Waals surface area contributed by atoms with Crippen molar-refractivity contribution in [1.29, 1.82) is 0 Å². The Morgan fingerprint density at radius 3 is 2.78 bits per heavy atom. The highest BCUT2D eigenvalue weighted by molar-refractivity contribution is 5.76. The van der Waals surface area contributed by atoms with Gasteiger partial charge in [0.25, 0.3) is 0 Å². The fourth-order valence-corrected chi connectivity index (χ4v) is 1.37. The molecule has 0 saturated heterocycles. The van der Waals surface area contributed by atoms with Crippen LogP contribution in [0.25, 0.3) is 0 Å². The van der Waals surface area contributed by atoms with Crippen molar-refractivity contribution in [2.75, 3.05) is 6.54 Å². The van der Waals surface area contributed by atoms with Gasteiger partial charge in [0.1, 0.15) is 5.82 Å². The van der Waals surface area contributed by atoms with Gasteiger partial charge in [-0.2, -0.15) is 0 Å². The van der Waals surface area contributed by atoms with E-state index < -0.39 is 17.9 Å². The fourth-order valence-electron chi connectivity index (χ4n) is 1.37. The van der Waals surface area contributed by atoms with E-state index in [2.05, 4.69) is 20.6 Å². The summed E-state index contributed by atoms with van der Waals surface area (Å²) < 4.78 is 0. The summed E-state index contributed by atoms with van der Waals surface area (Å²) in [7, 11) is 0. The molecule has 1 aromatic rings. The number of aliphatic carboxylic acids is 1. The van der Waals surface area contributed by atoms with Crippen LogP contribution in [-0.4, -0.2) is 33.6 Å². The van der Waals surface area contributed by atoms with E-state index in [0.29, 0.717) is 12.2 Å². The molecular weight excluding hydrogens is 236 g/mol. The van der Waals surface area contributed by atoms with Crippen molar-refractivity contribution in [3.05, 3.63) is 18.2 Å². The van der Waals surface area contributed by atoms with Crippen molar-refractivity contribution in [3.8, 4) is 0 Å². The molecule has 2 unspecified atom stereocenters. The maximum absolute atomic E-state index is 11.6. The first-order chi connectivity index (χ1) is 8.54. The van der Waals surface area contributed by atoms with Gasteiger partial charge in [-0.1, -0.05) is 13.8 Å². The van der Waals surface area contributed by atoms with Crippen molar-refractivity contribution in [2.45, 2.75) is 26.3 Å². The summed E-state index contributed by atoms with van der Waals surface area (Å²) in [5.74, 6) is -0.869. The van der Waals surface area contributed by atoms with E-state index in [-0.39, 0.29) is 12.6 Å². The maximum atomic E-state index is 11.6. The number of hydrogen-bond donors (Lipinski definition) is 4. The molecule has 0 aliphatic heterocycles. The molecular formula is C11H18N4O3. The molecule has 0 radical (unpaired) electrons. The third-order valence-corrected chi connectivity index (χ3v) is 2.55. The summed E-state index contributed by atoms with van der Waals surface area (Å²) in [6.45, 7) is 3.55. The normalized spacial score (nSPS) is 13.7. The Bertz CT molecular complexity index is 391. The molecule has 0 spiro atoms. The van der Waals surface area contributed by atoms with Crippen LogP contribution in [0.15, 0.2) is 12.4 Å². The van der Waals surface area contributed by atoms with Crippen molar-refractivity contribution in [1.82, 2.24) is 20.6 Å². The number of nitrogens with one attached hydrogen (secondary N) is 3. The van der Waals surface area contributed by atoms with Gasteiger partial charge in [0.05, 0.1) is 12.0 Å². The van der Waals surface area contributed by atoms with Gasteiger partial charge in [0, 0.05) is 18.9 Å². The molecule has 7 nitrogen and oxygen atoms in total. The first-order valence-corrected chi connectivity index (χ1v) is 5.81. The van der Waals surface area contributed by atoms with Gasteiger partial charge >= 0.3 is 12.0 Å². The quantitative estimate of drug-likeness (QED) is 0.604. The second-order valence-corrected chi connectivity index (χ2v) is 4.03. The summed E-state index contributed by atoms with van der Waals surface area (Å²) in [5.41, 5.74) is 0. The number of aromatic amines is 1. The first-order valence-electron chi connectivity index (χ1n) is 5.81. The number of nitrogens with zero attached hydrogens (tertiary/aromatic N) is 1. The van der Waals surface area contributed by atoms with Gasteiger partial charge in [-0.05, 0) is 6.42 Å². The van der Waals surface area contributed by atoms with Gasteiger partial charge in [-0.3, -0.25) is 4.79 Å². The number of aromatic nitrogens is 2. The largest absolute Gasteiger partial charge is 0.481 e. The zero-order chi connectivity index (χ0) is 13.5. The highest BCUT2D eigenvalue weighted by atomic mass is 16.4. The monoisotopic (exact) mass is 254 g/mol. The standard InChI is InChI=1S/C11H18N4O3/c1-3-8(9-12-4-5-13-9)15-11(18)14-6-7(2)10(16)17/h4-5,7-8H,3,6H2,1-2H3,(H,12,13)(H,16,17)(H2,14,15,18). The molecule has 0 saturated carbocycles. The molecule has 2 atom stereocenters. The van der Waals surface area contributed by atoms with Crippen LogP contribution in [0.4, 0.5) is 4.79 Å². The molecule has 7 heteroatoms. The van der Waals surface area contributed by atoms with E-state index in [1.807, 2.05) is 6.92 Å². The van der Waals surface area contributed by atoms with Crippen molar-refractivity contribution >= 4 is 12.0 Å². The second-order valence-electron chi connectivity index (χ2n) is 4.03.